The SMILES string of the molecule is CC1(C)OB(c2cccc3oc4c(c23)C(c2ccc3c5ccccc5c5ccccc5c3c2)=CCC4)OC1(C)C. The molecule has 196 valence electrons. The van der Waals surface area contributed by atoms with Crippen molar-refractivity contribution in [2.24, 2.45) is 0 Å². The molecule has 4 heteroatoms. The van der Waals surface area contributed by atoms with E-state index in [0.29, 0.717) is 0 Å². The predicted octanol–water partition coefficient (Wildman–Crippen LogP) is 8.57. The van der Waals surface area contributed by atoms with Gasteiger partial charge in [0.05, 0.1) is 11.2 Å². The van der Waals surface area contributed by atoms with E-state index in [9.17, 15) is 0 Å². The number of aryl methyl sites for hydroxylation is 1. The predicted molar refractivity (Wildman–Crippen MR) is 166 cm³/mol. The molecule has 1 saturated heterocycles. The van der Waals surface area contributed by atoms with Crippen LogP contribution in [0.3, 0.4) is 0 Å². The van der Waals surface area contributed by atoms with Gasteiger partial charge in [-0.05, 0) is 95.2 Å². The van der Waals surface area contributed by atoms with Crippen LogP contribution in [0.15, 0.2) is 95.4 Å². The van der Waals surface area contributed by atoms with Gasteiger partial charge in [-0.15, -0.1) is 0 Å². The van der Waals surface area contributed by atoms with Crippen LogP contribution in [-0.4, -0.2) is 18.3 Å². The third kappa shape index (κ3) is 3.33. The molecule has 0 amide bonds. The molecule has 0 atom stereocenters. The summed E-state index contributed by atoms with van der Waals surface area (Å²) in [5, 5.41) is 8.82. The lowest BCUT2D eigenvalue weighted by Gasteiger charge is -2.32. The van der Waals surface area contributed by atoms with Gasteiger partial charge < -0.3 is 13.7 Å². The highest BCUT2D eigenvalue weighted by Crippen LogP contribution is 2.43. The summed E-state index contributed by atoms with van der Waals surface area (Å²) >= 11 is 0. The molecule has 1 aromatic heterocycles. The lowest BCUT2D eigenvalue weighted by molar-refractivity contribution is 0.00578. The van der Waals surface area contributed by atoms with Gasteiger partial charge in [0, 0.05) is 17.4 Å². The minimum absolute atomic E-state index is 0.412. The molecule has 2 aliphatic rings. The molecule has 0 N–H and O–H groups in total. The molecule has 3 nitrogen and oxygen atoms in total. The van der Waals surface area contributed by atoms with E-state index in [1.54, 1.807) is 0 Å². The lowest BCUT2D eigenvalue weighted by atomic mass is 9.74. The van der Waals surface area contributed by atoms with E-state index < -0.39 is 18.3 Å². The molecule has 1 aliphatic carbocycles. The fraction of sp³-hybridized carbons (Fsp3) is 0.222. The maximum atomic E-state index is 6.52. The van der Waals surface area contributed by atoms with Gasteiger partial charge in [-0.25, -0.2) is 0 Å². The molecule has 5 aromatic carbocycles. The number of fused-ring (bicyclic) bond motifs is 9. The molecule has 0 unspecified atom stereocenters. The largest absolute Gasteiger partial charge is 0.495 e. The summed E-state index contributed by atoms with van der Waals surface area (Å²) < 4.78 is 19.6. The highest BCUT2D eigenvalue weighted by Gasteiger charge is 2.52. The van der Waals surface area contributed by atoms with E-state index in [1.165, 1.54) is 49.0 Å². The van der Waals surface area contributed by atoms with Gasteiger partial charge in [-0.3, -0.25) is 0 Å². The number of rotatable bonds is 2. The summed E-state index contributed by atoms with van der Waals surface area (Å²) in [6.07, 6.45) is 4.21. The quantitative estimate of drug-likeness (QED) is 0.169. The maximum absolute atomic E-state index is 6.52. The Labute approximate surface area is 234 Å². The summed E-state index contributed by atoms with van der Waals surface area (Å²) in [5.74, 6) is 1.04. The Balaban J connectivity index is 1.35. The number of benzene rings is 5. The van der Waals surface area contributed by atoms with Crippen LogP contribution in [0.2, 0.25) is 0 Å². The molecule has 1 aliphatic heterocycles. The molecule has 6 aromatic rings. The van der Waals surface area contributed by atoms with E-state index in [0.717, 1.165) is 35.0 Å². The van der Waals surface area contributed by atoms with Crippen molar-refractivity contribution in [2.75, 3.05) is 0 Å². The van der Waals surface area contributed by atoms with Crippen molar-refractivity contribution in [3.8, 4) is 0 Å². The van der Waals surface area contributed by atoms with Crippen molar-refractivity contribution in [3.63, 3.8) is 0 Å². The van der Waals surface area contributed by atoms with Crippen LogP contribution >= 0.6 is 0 Å². The first kappa shape index (κ1) is 24.0. The van der Waals surface area contributed by atoms with Gasteiger partial charge in [-0.1, -0.05) is 78.9 Å². The van der Waals surface area contributed by atoms with Gasteiger partial charge in [0.2, 0.25) is 0 Å². The van der Waals surface area contributed by atoms with Gasteiger partial charge >= 0.3 is 7.12 Å². The van der Waals surface area contributed by atoms with Crippen molar-refractivity contribution in [3.05, 3.63) is 108 Å². The Morgan fingerprint density at radius 2 is 1.25 bits per heavy atom. The van der Waals surface area contributed by atoms with Gasteiger partial charge in [0.25, 0.3) is 0 Å². The second-order valence-corrected chi connectivity index (χ2v) is 12.2. The Morgan fingerprint density at radius 3 is 1.90 bits per heavy atom. The van der Waals surface area contributed by atoms with Crippen LogP contribution in [-0.2, 0) is 15.7 Å². The minimum Gasteiger partial charge on any atom is -0.460 e. The van der Waals surface area contributed by atoms with Crippen molar-refractivity contribution in [1.82, 2.24) is 0 Å². The van der Waals surface area contributed by atoms with E-state index in [1.807, 2.05) is 6.07 Å². The lowest BCUT2D eigenvalue weighted by Crippen LogP contribution is -2.41. The van der Waals surface area contributed by atoms with Crippen LogP contribution in [0.5, 0.6) is 0 Å². The topological polar surface area (TPSA) is 31.6 Å². The first-order valence-corrected chi connectivity index (χ1v) is 14.3. The summed E-state index contributed by atoms with van der Waals surface area (Å²) in [6, 6.07) is 30.7. The molecule has 8 rings (SSSR count). The van der Waals surface area contributed by atoms with Crippen molar-refractivity contribution in [1.29, 1.82) is 0 Å². The molecule has 2 heterocycles. The zero-order valence-corrected chi connectivity index (χ0v) is 23.4. The second-order valence-electron chi connectivity index (χ2n) is 12.2. The van der Waals surface area contributed by atoms with Crippen molar-refractivity contribution >= 4 is 61.4 Å². The van der Waals surface area contributed by atoms with Crippen molar-refractivity contribution < 1.29 is 13.7 Å². The van der Waals surface area contributed by atoms with E-state index in [-0.39, 0.29) is 0 Å². The standard InChI is InChI=1S/C36H31BO3/c1-35(2)36(3,4)40-37(39-35)30-16-10-18-32-34(30)33-23(15-9-17-31(33)38-32)22-19-20-28-26-13-6-5-11-24(26)25-12-7-8-14-27(25)29(28)21-22/h5-8,10-16,18-21H,9,17H2,1-4H3. The first-order valence-electron chi connectivity index (χ1n) is 14.3. The number of allylic oxidation sites excluding steroid dienone is 1. The fourth-order valence-corrected chi connectivity index (χ4v) is 6.64. The summed E-state index contributed by atoms with van der Waals surface area (Å²) in [4.78, 5) is 0. The summed E-state index contributed by atoms with van der Waals surface area (Å²) in [6.45, 7) is 8.41. The Hall–Kier alpha value is -3.86. The van der Waals surface area contributed by atoms with Crippen LogP contribution in [0.1, 0.15) is 51.0 Å². The molecular formula is C36H31BO3. The molecule has 0 saturated carbocycles. The van der Waals surface area contributed by atoms with Gasteiger partial charge in [-0.2, -0.15) is 0 Å². The highest BCUT2D eigenvalue weighted by molar-refractivity contribution is 6.65. The normalized spacial score (nSPS) is 18.1. The number of furan rings is 1. The summed E-state index contributed by atoms with van der Waals surface area (Å²) in [5.41, 5.74) is 4.71. The van der Waals surface area contributed by atoms with Crippen LogP contribution in [0.25, 0.3) is 48.9 Å². The molecule has 1 fully saturated rings. The third-order valence-corrected chi connectivity index (χ3v) is 9.37. The molecule has 0 radical (unpaired) electrons. The number of hydrogen-bond donors (Lipinski definition) is 0. The van der Waals surface area contributed by atoms with Crippen LogP contribution in [0.4, 0.5) is 0 Å². The second kappa shape index (κ2) is 8.33. The van der Waals surface area contributed by atoms with Crippen LogP contribution < -0.4 is 5.46 Å². The minimum atomic E-state index is -0.453. The highest BCUT2D eigenvalue weighted by atomic mass is 16.7. The molecular weight excluding hydrogens is 491 g/mol. The van der Waals surface area contributed by atoms with Crippen LogP contribution in [0, 0.1) is 0 Å². The monoisotopic (exact) mass is 522 g/mol. The molecule has 0 spiro atoms. The number of hydrogen-bond acceptors (Lipinski definition) is 3. The molecule has 40 heavy (non-hydrogen) atoms. The Bertz CT molecular complexity index is 1980. The average Bonchev–Trinajstić information content (AvgIpc) is 3.45. The van der Waals surface area contributed by atoms with Crippen molar-refractivity contribution in [2.45, 2.75) is 51.7 Å². The Kier molecular flexibility index (Phi) is 4.99. The third-order valence-electron chi connectivity index (χ3n) is 9.37. The average molecular weight is 522 g/mol. The van der Waals surface area contributed by atoms with E-state index in [2.05, 4.69) is 113 Å². The van der Waals surface area contributed by atoms with E-state index in [4.69, 9.17) is 13.7 Å². The molecule has 0 bridgehead atoms. The fourth-order valence-electron chi connectivity index (χ4n) is 6.64. The van der Waals surface area contributed by atoms with E-state index >= 15 is 0 Å². The smallest absolute Gasteiger partial charge is 0.460 e. The Morgan fingerprint density at radius 1 is 0.650 bits per heavy atom. The first-order chi connectivity index (χ1) is 19.3. The van der Waals surface area contributed by atoms with Gasteiger partial charge in [0.15, 0.2) is 0 Å². The maximum Gasteiger partial charge on any atom is 0.495 e. The zero-order chi connectivity index (χ0) is 27.2. The summed E-state index contributed by atoms with van der Waals surface area (Å²) in [7, 11) is -0.453. The zero-order valence-electron chi connectivity index (χ0n) is 23.4. The van der Waals surface area contributed by atoms with Gasteiger partial charge in [0.1, 0.15) is 11.3 Å².